The van der Waals surface area contributed by atoms with Gasteiger partial charge in [-0.2, -0.15) is 0 Å². The van der Waals surface area contributed by atoms with Crippen molar-refractivity contribution in [3.63, 3.8) is 0 Å². The summed E-state index contributed by atoms with van der Waals surface area (Å²) in [5.41, 5.74) is 5.46. The average molecular weight is 571 g/mol. The normalized spacial score (nSPS) is 24.2. The third kappa shape index (κ3) is 2.97. The largest absolute Gasteiger partial charge is 0.374 e. The van der Waals surface area contributed by atoms with Gasteiger partial charge in [-0.1, -0.05) is 54.6 Å². The van der Waals surface area contributed by atoms with E-state index < -0.39 is 18.1 Å². The summed E-state index contributed by atoms with van der Waals surface area (Å²) in [6.45, 7) is 2.56. The molecule has 4 atom stereocenters. The first-order valence-electron chi connectivity index (χ1n) is 14.8. The van der Waals surface area contributed by atoms with Crippen LogP contribution in [0.1, 0.15) is 45.9 Å². The second kappa shape index (κ2) is 8.46. The number of amides is 2. The summed E-state index contributed by atoms with van der Waals surface area (Å²) in [6, 6.07) is 25.7. The lowest BCUT2D eigenvalue weighted by Crippen LogP contribution is -2.61. The van der Waals surface area contributed by atoms with Crippen LogP contribution in [-0.2, 0) is 21.7 Å². The van der Waals surface area contributed by atoms with Crippen LogP contribution < -0.4 is 5.32 Å². The van der Waals surface area contributed by atoms with Crippen molar-refractivity contribution in [2.75, 3.05) is 14.2 Å². The van der Waals surface area contributed by atoms with Crippen molar-refractivity contribution < 1.29 is 19.1 Å². The van der Waals surface area contributed by atoms with Crippen LogP contribution in [0.5, 0.6) is 0 Å². The minimum absolute atomic E-state index is 0.0446. The molecule has 2 amide bonds. The van der Waals surface area contributed by atoms with Crippen LogP contribution in [0.15, 0.2) is 78.9 Å². The zero-order valence-corrected chi connectivity index (χ0v) is 24.1. The summed E-state index contributed by atoms with van der Waals surface area (Å²) in [7, 11) is 3.57. The van der Waals surface area contributed by atoms with E-state index >= 15 is 0 Å². The number of hydrogen-bond acceptors (Lipinski definition) is 4. The molecule has 43 heavy (non-hydrogen) atoms. The van der Waals surface area contributed by atoms with Gasteiger partial charge in [-0.15, -0.1) is 0 Å². The SMILES string of the molecule is CO[C@@H]1C(N(C)C(=O)c2ccccc2)C[C@H]2O[C@]1(C)n1c3ccccc3c3c4c(c5c6ccccc6n2c5c31)C(=O)NC4. The maximum atomic E-state index is 13.9. The Labute approximate surface area is 247 Å². The molecule has 1 saturated heterocycles. The maximum absolute atomic E-state index is 13.9. The molecule has 0 saturated carbocycles. The predicted molar refractivity (Wildman–Crippen MR) is 165 cm³/mol. The molecular formula is C35H30N4O4. The number of methoxy groups -OCH3 is 1. The number of nitrogens with zero attached hydrogens (tertiary/aromatic N) is 3. The molecule has 3 aliphatic heterocycles. The van der Waals surface area contributed by atoms with Crippen LogP contribution >= 0.6 is 0 Å². The zero-order valence-electron chi connectivity index (χ0n) is 24.1. The highest BCUT2D eigenvalue weighted by Crippen LogP contribution is 2.54. The van der Waals surface area contributed by atoms with E-state index in [1.807, 2.05) is 66.5 Å². The Kier molecular flexibility index (Phi) is 4.90. The number of likely N-dealkylation sites (N-methyl/N-ethyl adjacent to an activating group) is 1. The Hall–Kier alpha value is -4.66. The highest BCUT2D eigenvalue weighted by molar-refractivity contribution is 6.31. The van der Waals surface area contributed by atoms with E-state index in [-0.39, 0.29) is 17.9 Å². The monoisotopic (exact) mass is 570 g/mol. The molecule has 214 valence electrons. The lowest BCUT2D eigenvalue weighted by Gasteiger charge is -2.50. The van der Waals surface area contributed by atoms with E-state index in [1.54, 1.807) is 7.11 Å². The van der Waals surface area contributed by atoms with Gasteiger partial charge in [0.2, 0.25) is 0 Å². The third-order valence-electron chi connectivity index (χ3n) is 10.0. The van der Waals surface area contributed by atoms with Crippen molar-refractivity contribution in [3.8, 4) is 0 Å². The highest BCUT2D eigenvalue weighted by atomic mass is 16.6. The number of carbonyl (C=O) groups excluding carboxylic acids is 2. The molecular weight excluding hydrogens is 540 g/mol. The lowest BCUT2D eigenvalue weighted by atomic mass is 9.91. The molecule has 0 radical (unpaired) electrons. The quantitative estimate of drug-likeness (QED) is 0.287. The topological polar surface area (TPSA) is 77.7 Å². The molecule has 5 heterocycles. The van der Waals surface area contributed by atoms with Crippen molar-refractivity contribution >= 4 is 55.4 Å². The number of rotatable bonds is 3. The van der Waals surface area contributed by atoms with Gasteiger partial charge in [-0.05, 0) is 36.8 Å². The van der Waals surface area contributed by atoms with E-state index in [2.05, 4.69) is 45.6 Å². The first-order chi connectivity index (χ1) is 20.9. The van der Waals surface area contributed by atoms with Crippen molar-refractivity contribution in [2.24, 2.45) is 0 Å². The molecule has 0 aliphatic carbocycles. The van der Waals surface area contributed by atoms with Crippen LogP contribution in [0.2, 0.25) is 0 Å². The number of ether oxygens (including phenoxy) is 2. The Bertz CT molecular complexity index is 2180. The number of hydrogen-bond donors (Lipinski definition) is 1. The van der Waals surface area contributed by atoms with E-state index in [0.717, 1.165) is 54.7 Å². The van der Waals surface area contributed by atoms with Crippen molar-refractivity contribution in [1.82, 2.24) is 19.4 Å². The Morgan fingerprint density at radius 1 is 0.953 bits per heavy atom. The van der Waals surface area contributed by atoms with Gasteiger partial charge in [0, 0.05) is 54.2 Å². The van der Waals surface area contributed by atoms with Crippen LogP contribution in [0.4, 0.5) is 0 Å². The maximum Gasteiger partial charge on any atom is 0.253 e. The van der Waals surface area contributed by atoms with Crippen LogP contribution in [0.3, 0.4) is 0 Å². The van der Waals surface area contributed by atoms with E-state index in [4.69, 9.17) is 9.47 Å². The molecule has 4 aromatic carbocycles. The summed E-state index contributed by atoms with van der Waals surface area (Å²) in [5, 5.41) is 7.24. The van der Waals surface area contributed by atoms with Gasteiger partial charge in [0.05, 0.1) is 33.7 Å². The second-order valence-electron chi connectivity index (χ2n) is 12.1. The lowest BCUT2D eigenvalue weighted by molar-refractivity contribution is -0.264. The van der Waals surface area contributed by atoms with Gasteiger partial charge in [0.1, 0.15) is 12.3 Å². The summed E-state index contributed by atoms with van der Waals surface area (Å²) < 4.78 is 18.1. The summed E-state index contributed by atoms with van der Waals surface area (Å²) in [5.74, 6) is -0.107. The number of aromatic nitrogens is 2. The Morgan fingerprint density at radius 3 is 2.37 bits per heavy atom. The molecule has 0 spiro atoms. The van der Waals surface area contributed by atoms with Gasteiger partial charge in [0.15, 0.2) is 5.72 Å². The smallest absolute Gasteiger partial charge is 0.253 e. The highest BCUT2D eigenvalue weighted by Gasteiger charge is 2.55. The van der Waals surface area contributed by atoms with Crippen molar-refractivity contribution in [1.29, 1.82) is 0 Å². The standard InChI is InChI=1S/C35H30N4O4/c1-35-32(42-3)25(37(2)34(41)19-11-5-4-6-12-19)17-26(43-35)38-23-15-9-7-13-20(23)28-29-22(18-36-33(29)40)27-21-14-8-10-16-24(21)39(35)31(27)30(28)38/h4-16,25-26,32H,17-18H2,1-3H3,(H,36,40)/t25?,26-,32-,35+/m1/s1. The minimum Gasteiger partial charge on any atom is -0.374 e. The van der Waals surface area contributed by atoms with Gasteiger partial charge >= 0.3 is 0 Å². The molecule has 1 N–H and O–H groups in total. The first kappa shape index (κ1) is 24.9. The molecule has 2 aromatic heterocycles. The van der Waals surface area contributed by atoms with Gasteiger partial charge < -0.3 is 28.8 Å². The number of para-hydroxylation sites is 2. The number of fused-ring (bicyclic) bond motifs is 13. The van der Waals surface area contributed by atoms with Gasteiger partial charge in [-0.25, -0.2) is 0 Å². The van der Waals surface area contributed by atoms with Crippen LogP contribution in [0.25, 0.3) is 43.6 Å². The molecule has 1 fully saturated rings. The second-order valence-corrected chi connectivity index (χ2v) is 12.1. The predicted octanol–water partition coefficient (Wildman–Crippen LogP) is 5.91. The molecule has 9 rings (SSSR count). The van der Waals surface area contributed by atoms with Crippen molar-refractivity contribution in [2.45, 2.75) is 44.0 Å². The summed E-state index contributed by atoms with van der Waals surface area (Å²) in [6.07, 6.45) is -0.386. The minimum atomic E-state index is -0.980. The molecule has 8 heteroatoms. The zero-order chi connectivity index (χ0) is 29.2. The number of carbonyl (C=O) groups is 2. The molecule has 3 aliphatic rings. The van der Waals surface area contributed by atoms with Gasteiger partial charge in [-0.3, -0.25) is 9.59 Å². The van der Waals surface area contributed by atoms with Crippen LogP contribution in [-0.4, -0.2) is 52.2 Å². The Balaban J connectivity index is 1.43. The van der Waals surface area contributed by atoms with Crippen LogP contribution in [0, 0.1) is 0 Å². The first-order valence-corrected chi connectivity index (χ1v) is 14.8. The van der Waals surface area contributed by atoms with E-state index in [0.29, 0.717) is 18.5 Å². The Morgan fingerprint density at radius 2 is 1.63 bits per heavy atom. The fourth-order valence-corrected chi connectivity index (χ4v) is 8.33. The average Bonchev–Trinajstić information content (AvgIpc) is 3.68. The fourth-order valence-electron chi connectivity index (χ4n) is 8.33. The van der Waals surface area contributed by atoms with E-state index in [1.165, 1.54) is 0 Å². The molecule has 6 aromatic rings. The summed E-state index contributed by atoms with van der Waals surface area (Å²) >= 11 is 0. The number of nitrogens with one attached hydrogen (secondary N) is 1. The van der Waals surface area contributed by atoms with Gasteiger partial charge in [0.25, 0.3) is 11.8 Å². The summed E-state index contributed by atoms with van der Waals surface area (Å²) in [4.78, 5) is 29.2. The van der Waals surface area contributed by atoms with Crippen molar-refractivity contribution in [3.05, 3.63) is 95.6 Å². The van der Waals surface area contributed by atoms with E-state index in [9.17, 15) is 9.59 Å². The third-order valence-corrected chi connectivity index (χ3v) is 10.0. The molecule has 2 bridgehead atoms. The fraction of sp³-hybridized carbons (Fsp3) is 0.257. The molecule has 1 unspecified atom stereocenters. The molecule has 8 nitrogen and oxygen atoms in total. The number of benzene rings is 4.